The molecule has 0 saturated carbocycles. The third-order valence-corrected chi connectivity index (χ3v) is 8.08. The number of aromatic nitrogens is 5. The first-order valence-electron chi connectivity index (χ1n) is 15.2. The van der Waals surface area contributed by atoms with E-state index in [9.17, 15) is 9.59 Å². The van der Waals surface area contributed by atoms with E-state index in [1.54, 1.807) is 24.9 Å². The van der Waals surface area contributed by atoms with Crippen molar-refractivity contribution in [2.75, 3.05) is 31.0 Å². The summed E-state index contributed by atoms with van der Waals surface area (Å²) in [4.78, 5) is 39.8. The molecule has 1 aliphatic rings. The topological polar surface area (TPSA) is 165 Å². The Morgan fingerprint density at radius 3 is 2.37 bits per heavy atom. The van der Waals surface area contributed by atoms with Crippen molar-refractivity contribution < 1.29 is 37.8 Å². The Kier molecular flexibility index (Phi) is 10.2. The Hall–Kier alpha value is -4.92. The van der Waals surface area contributed by atoms with Gasteiger partial charge in [0.1, 0.15) is 0 Å². The highest BCUT2D eigenvalue weighted by atomic mass is 16.6. The highest BCUT2D eigenvalue weighted by Gasteiger charge is 2.52. The van der Waals surface area contributed by atoms with Crippen molar-refractivity contribution in [3.05, 3.63) is 42.0 Å². The molecule has 4 atom stereocenters. The van der Waals surface area contributed by atoms with Crippen LogP contribution in [0.4, 0.5) is 17.5 Å². The molecule has 46 heavy (non-hydrogen) atoms. The van der Waals surface area contributed by atoms with Crippen LogP contribution in [-0.4, -0.2) is 76.6 Å². The number of fused-ring (bicyclic) bond motifs is 1. The summed E-state index contributed by atoms with van der Waals surface area (Å²) in [6, 6.07) is 7.40. The fraction of sp³-hybridized carbons (Fsp3) is 0.484. The number of benzene rings is 1. The second kappa shape index (κ2) is 14.5. The normalized spacial score (nSPS) is 19.3. The molecule has 4 aromatic rings. The number of carbonyl (C=O) groups is 2. The number of nitrogens with zero attached hydrogens (tertiary/aromatic N) is 6. The zero-order valence-corrected chi connectivity index (χ0v) is 26.7. The molecule has 0 radical (unpaired) electrons. The molecule has 5 rings (SSSR count). The van der Waals surface area contributed by atoms with E-state index in [2.05, 4.69) is 29.3 Å². The van der Waals surface area contributed by atoms with Gasteiger partial charge < -0.3 is 38.4 Å². The molecular formula is C31H39N7O8. The summed E-state index contributed by atoms with van der Waals surface area (Å²) in [5, 5.41) is 7.58. The summed E-state index contributed by atoms with van der Waals surface area (Å²) in [7, 11) is 3.16. The number of ether oxygens (including phenoxy) is 5. The highest BCUT2D eigenvalue weighted by molar-refractivity contribution is 5.85. The zero-order valence-electron chi connectivity index (χ0n) is 26.7. The van der Waals surface area contributed by atoms with E-state index in [0.29, 0.717) is 58.8 Å². The average molecular weight is 638 g/mol. The molecule has 15 nitrogen and oxygen atoms in total. The van der Waals surface area contributed by atoms with Gasteiger partial charge in [-0.3, -0.25) is 14.2 Å². The van der Waals surface area contributed by atoms with E-state index in [4.69, 9.17) is 38.2 Å². The zero-order chi connectivity index (χ0) is 32.8. The fourth-order valence-corrected chi connectivity index (χ4v) is 5.57. The maximum Gasteiger partial charge on any atom is 0.293 e. The predicted octanol–water partition coefficient (Wildman–Crippen LogP) is 4.51. The van der Waals surface area contributed by atoms with Crippen LogP contribution in [0.25, 0.3) is 11.2 Å². The third-order valence-electron chi connectivity index (χ3n) is 8.08. The molecule has 3 aromatic heterocycles. The summed E-state index contributed by atoms with van der Waals surface area (Å²) in [6.07, 6.45) is -0.150. The Morgan fingerprint density at radius 2 is 1.74 bits per heavy atom. The first-order chi connectivity index (χ1) is 22.4. The monoisotopic (exact) mass is 637 g/mol. The van der Waals surface area contributed by atoms with Gasteiger partial charge in [0.15, 0.2) is 58.8 Å². The minimum Gasteiger partial charge on any atom is -0.493 e. The number of aryl methyl sites for hydroxylation is 1. The van der Waals surface area contributed by atoms with Gasteiger partial charge >= 0.3 is 0 Å². The van der Waals surface area contributed by atoms with Crippen LogP contribution in [0, 0.1) is 0 Å². The first-order valence-corrected chi connectivity index (χ1v) is 15.2. The van der Waals surface area contributed by atoms with E-state index < -0.39 is 24.5 Å². The first kappa shape index (κ1) is 32.5. The number of imidazole rings is 1. The standard InChI is InChI=1S/C31H39N7O8/c1-7-18(8-2)33-28-24-29(35-31(34-28)37(10-4)20-11-12-21(41-5)22(14-20)42-6)38(15-32-24)30-27(44-17-40)26(43-16-39)25(45-30)23-13-19(9-3)36-46-23/h11-18,25-27,30H,7-10H2,1-6H3,(H,33,34,35)/t25-,26+,27-,30-/m1/s1. The predicted molar refractivity (Wildman–Crippen MR) is 166 cm³/mol. The highest BCUT2D eigenvalue weighted by Crippen LogP contribution is 2.43. The molecule has 1 aromatic carbocycles. The maximum absolute atomic E-state index is 11.7. The van der Waals surface area contributed by atoms with Gasteiger partial charge in [-0.05, 0) is 38.3 Å². The van der Waals surface area contributed by atoms with Crippen molar-refractivity contribution in [3.63, 3.8) is 0 Å². The summed E-state index contributed by atoms with van der Waals surface area (Å²) in [5.74, 6) is 2.37. The maximum atomic E-state index is 11.7. The molecule has 1 fully saturated rings. The summed E-state index contributed by atoms with van der Waals surface area (Å²) in [5.41, 5.74) is 2.35. The molecule has 1 saturated heterocycles. The lowest BCUT2D eigenvalue weighted by molar-refractivity contribution is -0.151. The molecule has 0 bridgehead atoms. The fourth-order valence-electron chi connectivity index (χ4n) is 5.57. The van der Waals surface area contributed by atoms with Crippen LogP contribution < -0.4 is 19.7 Å². The van der Waals surface area contributed by atoms with Crippen LogP contribution in [0.3, 0.4) is 0 Å². The van der Waals surface area contributed by atoms with Crippen LogP contribution in [0.2, 0.25) is 0 Å². The number of nitrogens with one attached hydrogen (secondary N) is 1. The van der Waals surface area contributed by atoms with Crippen molar-refractivity contribution in [1.82, 2.24) is 24.7 Å². The van der Waals surface area contributed by atoms with Crippen LogP contribution in [0.5, 0.6) is 11.5 Å². The van der Waals surface area contributed by atoms with E-state index in [1.165, 1.54) is 6.33 Å². The molecule has 246 valence electrons. The largest absolute Gasteiger partial charge is 0.493 e. The molecule has 0 amide bonds. The Labute approximate surface area is 266 Å². The van der Waals surface area contributed by atoms with Crippen molar-refractivity contribution in [2.24, 2.45) is 0 Å². The van der Waals surface area contributed by atoms with Gasteiger partial charge in [0, 0.05) is 30.4 Å². The van der Waals surface area contributed by atoms with Gasteiger partial charge in [0.25, 0.3) is 12.9 Å². The van der Waals surface area contributed by atoms with Crippen LogP contribution >= 0.6 is 0 Å². The molecule has 0 spiro atoms. The van der Waals surface area contributed by atoms with Gasteiger partial charge in [-0.25, -0.2) is 4.98 Å². The van der Waals surface area contributed by atoms with Crippen LogP contribution in [0.1, 0.15) is 64.3 Å². The SMILES string of the molecule is CCc1cc([C@H]2O[C@@H](n3cnc4c(NC(CC)CC)nc(N(CC)c5ccc(OC)c(OC)c5)nc43)[C@H](OC=O)[C@H]2OC=O)on1. The number of carbonyl (C=O) groups excluding carboxylic acids is 2. The molecule has 0 aliphatic carbocycles. The quantitative estimate of drug-likeness (QED) is 0.171. The van der Waals surface area contributed by atoms with Crippen molar-refractivity contribution >= 4 is 41.6 Å². The molecule has 15 heteroatoms. The number of methoxy groups -OCH3 is 2. The number of hydrogen-bond acceptors (Lipinski definition) is 14. The van der Waals surface area contributed by atoms with Gasteiger partial charge in [-0.15, -0.1) is 0 Å². The molecule has 1 N–H and O–H groups in total. The van der Waals surface area contributed by atoms with Crippen molar-refractivity contribution in [3.8, 4) is 11.5 Å². The Balaban J connectivity index is 1.65. The Bertz CT molecular complexity index is 1640. The molecule has 4 heterocycles. The van der Waals surface area contributed by atoms with E-state index in [-0.39, 0.29) is 19.0 Å². The lowest BCUT2D eigenvalue weighted by Gasteiger charge is -2.24. The van der Waals surface area contributed by atoms with E-state index >= 15 is 0 Å². The minimum absolute atomic E-state index is 0.120. The lowest BCUT2D eigenvalue weighted by Crippen LogP contribution is -2.34. The minimum atomic E-state index is -1.07. The second-order valence-electron chi connectivity index (χ2n) is 10.6. The van der Waals surface area contributed by atoms with Crippen LogP contribution in [0.15, 0.2) is 35.1 Å². The second-order valence-corrected chi connectivity index (χ2v) is 10.6. The number of anilines is 3. The van der Waals surface area contributed by atoms with Crippen molar-refractivity contribution in [1.29, 1.82) is 0 Å². The van der Waals surface area contributed by atoms with Gasteiger partial charge in [-0.2, -0.15) is 9.97 Å². The van der Waals surface area contributed by atoms with E-state index in [0.717, 1.165) is 18.5 Å². The third kappa shape index (κ3) is 6.14. The lowest BCUT2D eigenvalue weighted by atomic mass is 10.1. The van der Waals surface area contributed by atoms with Crippen LogP contribution in [-0.2, 0) is 30.2 Å². The number of hydrogen-bond donors (Lipinski definition) is 1. The summed E-state index contributed by atoms with van der Waals surface area (Å²) >= 11 is 0. The smallest absolute Gasteiger partial charge is 0.293 e. The average Bonchev–Trinajstić information content (AvgIpc) is 3.82. The van der Waals surface area contributed by atoms with Crippen molar-refractivity contribution in [2.45, 2.75) is 77.5 Å². The summed E-state index contributed by atoms with van der Waals surface area (Å²) in [6.45, 7) is 9.19. The molecule has 1 aliphatic heterocycles. The van der Waals surface area contributed by atoms with Gasteiger partial charge in [-0.1, -0.05) is 25.9 Å². The molecular weight excluding hydrogens is 598 g/mol. The Morgan fingerprint density at radius 1 is 1.00 bits per heavy atom. The molecule has 0 unspecified atom stereocenters. The van der Waals surface area contributed by atoms with Gasteiger partial charge in [0.05, 0.1) is 26.2 Å². The van der Waals surface area contributed by atoms with Gasteiger partial charge in [0.2, 0.25) is 5.95 Å². The summed E-state index contributed by atoms with van der Waals surface area (Å²) < 4.78 is 35.5. The number of rotatable bonds is 16. The van der Waals surface area contributed by atoms with E-state index in [1.807, 2.05) is 36.9 Å².